The van der Waals surface area contributed by atoms with Crippen molar-refractivity contribution in [1.82, 2.24) is 4.90 Å². The second kappa shape index (κ2) is 7.03. The van der Waals surface area contributed by atoms with Crippen molar-refractivity contribution >= 4 is 50.1 Å². The first-order chi connectivity index (χ1) is 8.32. The summed E-state index contributed by atoms with van der Waals surface area (Å²) in [6.45, 7) is 5.98. The van der Waals surface area contributed by atoms with Gasteiger partial charge in [0.2, 0.25) is 5.91 Å². The van der Waals surface area contributed by atoms with Crippen molar-refractivity contribution in [2.45, 2.75) is 39.3 Å². The van der Waals surface area contributed by atoms with Crippen LogP contribution in [0, 0.1) is 5.92 Å². The Morgan fingerprint density at radius 2 is 2.33 bits per heavy atom. The van der Waals surface area contributed by atoms with Gasteiger partial charge in [0.1, 0.15) is 4.32 Å². The van der Waals surface area contributed by atoms with Gasteiger partial charge >= 0.3 is 0 Å². The van der Waals surface area contributed by atoms with Crippen LogP contribution in [0.4, 0.5) is 0 Å². The van der Waals surface area contributed by atoms with Gasteiger partial charge in [0, 0.05) is 11.8 Å². The van der Waals surface area contributed by atoms with Crippen LogP contribution in [0.3, 0.4) is 0 Å². The molecule has 18 heavy (non-hydrogen) atoms. The first kappa shape index (κ1) is 16.1. The summed E-state index contributed by atoms with van der Waals surface area (Å²) in [7, 11) is 0. The maximum atomic E-state index is 12.2. The Hall–Kier alpha value is 0.0900. The second-order valence-electron chi connectivity index (χ2n) is 4.68. The van der Waals surface area contributed by atoms with E-state index in [1.54, 1.807) is 22.7 Å². The topological polar surface area (TPSA) is 40.5 Å². The Morgan fingerprint density at radius 3 is 2.83 bits per heavy atom. The minimum Gasteiger partial charge on any atom is -0.388 e. The molecule has 1 amide bonds. The Labute approximate surface area is 126 Å². The van der Waals surface area contributed by atoms with Gasteiger partial charge in [-0.1, -0.05) is 53.8 Å². The summed E-state index contributed by atoms with van der Waals surface area (Å²) >= 11 is 10.00. The average molecular weight is 352 g/mol. The first-order valence-electron chi connectivity index (χ1n) is 5.83. The number of allylic oxidation sites excluding steroid dienone is 1. The average Bonchev–Trinajstić information content (AvgIpc) is 2.58. The van der Waals surface area contributed by atoms with Crippen molar-refractivity contribution < 1.29 is 9.90 Å². The van der Waals surface area contributed by atoms with Crippen LogP contribution < -0.4 is 0 Å². The monoisotopic (exact) mass is 351 g/mol. The van der Waals surface area contributed by atoms with Crippen LogP contribution in [-0.2, 0) is 4.79 Å². The van der Waals surface area contributed by atoms with Gasteiger partial charge in [-0.2, -0.15) is 0 Å². The number of carbonyl (C=O) groups is 1. The van der Waals surface area contributed by atoms with Gasteiger partial charge in [-0.15, -0.1) is 0 Å². The number of nitrogens with zero attached hydrogens (tertiary/aromatic N) is 1. The molecule has 1 N–H and O–H groups in total. The van der Waals surface area contributed by atoms with Crippen LogP contribution in [0.1, 0.15) is 27.2 Å². The van der Waals surface area contributed by atoms with Crippen LogP contribution in [0.2, 0.25) is 0 Å². The second-order valence-corrected chi connectivity index (χ2v) is 7.58. The number of amides is 1. The van der Waals surface area contributed by atoms with E-state index in [1.165, 1.54) is 0 Å². The molecule has 0 radical (unpaired) electrons. The Morgan fingerprint density at radius 1 is 1.72 bits per heavy atom. The van der Waals surface area contributed by atoms with E-state index in [0.717, 1.165) is 10.2 Å². The number of aliphatic hydroxyl groups excluding tert-OH is 1. The number of halogens is 1. The molecule has 1 fully saturated rings. The van der Waals surface area contributed by atoms with Crippen molar-refractivity contribution in [3.8, 4) is 0 Å². The molecule has 1 heterocycles. The van der Waals surface area contributed by atoms with Crippen LogP contribution in [0.15, 0.2) is 10.6 Å². The highest BCUT2D eigenvalue weighted by Gasteiger charge is 2.35. The van der Waals surface area contributed by atoms with E-state index in [2.05, 4.69) is 29.8 Å². The van der Waals surface area contributed by atoms with Crippen LogP contribution in [-0.4, -0.2) is 38.1 Å². The van der Waals surface area contributed by atoms with Crippen molar-refractivity contribution in [2.24, 2.45) is 5.92 Å². The molecule has 1 aliphatic rings. The highest BCUT2D eigenvalue weighted by atomic mass is 79.9. The van der Waals surface area contributed by atoms with Gasteiger partial charge in [-0.05, 0) is 23.4 Å². The van der Waals surface area contributed by atoms with Gasteiger partial charge in [0.15, 0.2) is 0 Å². The number of hydrogen-bond donors (Lipinski definition) is 1. The smallest absolute Gasteiger partial charge is 0.231 e. The molecule has 0 bridgehead atoms. The number of carbonyl (C=O) groups excluding carboxylic acids is 1. The van der Waals surface area contributed by atoms with E-state index in [0.29, 0.717) is 10.2 Å². The Bertz CT molecular complexity index is 367. The summed E-state index contributed by atoms with van der Waals surface area (Å²) < 4.78 is 1.45. The molecule has 2 atom stereocenters. The van der Waals surface area contributed by atoms with Gasteiger partial charge in [0.25, 0.3) is 0 Å². The highest BCUT2D eigenvalue weighted by molar-refractivity contribution is 9.11. The van der Waals surface area contributed by atoms with Gasteiger partial charge in [-0.25, -0.2) is 0 Å². The molecule has 0 aromatic heterocycles. The summed E-state index contributed by atoms with van der Waals surface area (Å²) in [5, 5.41) is 9.76. The SMILES string of the molecule is C/C(Br)=C/[C@H](O)CC(=O)N1C(=S)SC[C@@H]1C(C)C. The molecule has 102 valence electrons. The Kier molecular flexibility index (Phi) is 6.30. The molecule has 0 aliphatic carbocycles. The number of thioether (sulfide) groups is 1. The summed E-state index contributed by atoms with van der Waals surface area (Å²) in [5.74, 6) is 1.12. The van der Waals surface area contributed by atoms with E-state index in [-0.39, 0.29) is 18.4 Å². The fraction of sp³-hybridized carbons (Fsp3) is 0.667. The molecule has 1 saturated heterocycles. The minimum atomic E-state index is -0.766. The van der Waals surface area contributed by atoms with E-state index in [1.807, 2.05) is 6.92 Å². The quantitative estimate of drug-likeness (QED) is 0.790. The molecular weight excluding hydrogens is 334 g/mol. The third-order valence-electron chi connectivity index (χ3n) is 2.75. The first-order valence-corrected chi connectivity index (χ1v) is 8.02. The van der Waals surface area contributed by atoms with Crippen LogP contribution >= 0.6 is 39.9 Å². The molecule has 1 rings (SSSR count). The molecular formula is C12H18BrNO2S2. The third kappa shape index (κ3) is 4.33. The molecule has 1 aliphatic heterocycles. The molecule has 0 saturated carbocycles. The lowest BCUT2D eigenvalue weighted by Crippen LogP contribution is -2.42. The lowest BCUT2D eigenvalue weighted by molar-refractivity contribution is -0.130. The predicted octanol–water partition coefficient (Wildman–Crippen LogP) is 2.92. The fourth-order valence-electron chi connectivity index (χ4n) is 1.81. The molecule has 3 nitrogen and oxygen atoms in total. The summed E-state index contributed by atoms with van der Waals surface area (Å²) in [6.07, 6.45) is 0.930. The molecule has 0 spiro atoms. The van der Waals surface area contributed by atoms with Crippen molar-refractivity contribution in [2.75, 3.05) is 5.75 Å². The minimum absolute atomic E-state index is 0.0762. The fourth-order valence-corrected chi connectivity index (χ4v) is 3.78. The summed E-state index contributed by atoms with van der Waals surface area (Å²) in [5.41, 5.74) is 0. The van der Waals surface area contributed by atoms with E-state index >= 15 is 0 Å². The van der Waals surface area contributed by atoms with Crippen LogP contribution in [0.5, 0.6) is 0 Å². The maximum absolute atomic E-state index is 12.2. The normalized spacial score (nSPS) is 22.8. The number of thiocarbonyl (C=S) groups is 1. The summed E-state index contributed by atoms with van der Waals surface area (Å²) in [4.78, 5) is 13.9. The van der Waals surface area contributed by atoms with Crippen LogP contribution in [0.25, 0.3) is 0 Å². The molecule has 0 unspecified atom stereocenters. The lowest BCUT2D eigenvalue weighted by Gasteiger charge is -2.27. The zero-order valence-corrected chi connectivity index (χ0v) is 13.9. The zero-order chi connectivity index (χ0) is 13.9. The molecule has 0 aromatic rings. The van der Waals surface area contributed by atoms with E-state index in [9.17, 15) is 9.90 Å². The number of hydrogen-bond acceptors (Lipinski definition) is 4. The third-order valence-corrected chi connectivity index (χ3v) is 4.52. The van der Waals surface area contributed by atoms with Crippen molar-refractivity contribution in [1.29, 1.82) is 0 Å². The van der Waals surface area contributed by atoms with E-state index in [4.69, 9.17) is 12.2 Å². The number of aliphatic hydroxyl groups is 1. The highest BCUT2D eigenvalue weighted by Crippen LogP contribution is 2.29. The number of rotatable bonds is 4. The molecule has 0 aromatic carbocycles. The van der Waals surface area contributed by atoms with Gasteiger partial charge < -0.3 is 5.11 Å². The van der Waals surface area contributed by atoms with Gasteiger partial charge in [-0.3, -0.25) is 9.69 Å². The lowest BCUT2D eigenvalue weighted by atomic mass is 10.0. The zero-order valence-electron chi connectivity index (χ0n) is 10.7. The maximum Gasteiger partial charge on any atom is 0.231 e. The predicted molar refractivity (Wildman–Crippen MR) is 83.8 cm³/mol. The Balaban J connectivity index is 2.70. The van der Waals surface area contributed by atoms with E-state index < -0.39 is 6.10 Å². The molecule has 6 heteroatoms. The van der Waals surface area contributed by atoms with Crippen molar-refractivity contribution in [3.63, 3.8) is 0 Å². The van der Waals surface area contributed by atoms with Gasteiger partial charge in [0.05, 0.1) is 12.5 Å². The largest absolute Gasteiger partial charge is 0.388 e. The van der Waals surface area contributed by atoms with Crippen molar-refractivity contribution in [3.05, 3.63) is 10.6 Å². The standard InChI is InChI=1S/C12H18BrNO2S2/c1-7(2)10-6-18-12(17)14(10)11(16)5-9(15)4-8(3)13/h4,7,9-10,15H,5-6H2,1-3H3/b8-4-/t9-,10+/m0/s1. The summed E-state index contributed by atoms with van der Waals surface area (Å²) in [6, 6.07) is 0.149.